The van der Waals surface area contributed by atoms with Crippen molar-refractivity contribution in [3.8, 4) is 17.0 Å². The van der Waals surface area contributed by atoms with Crippen molar-refractivity contribution in [2.75, 3.05) is 26.7 Å². The van der Waals surface area contributed by atoms with Gasteiger partial charge in [-0.05, 0) is 24.1 Å². The summed E-state index contributed by atoms with van der Waals surface area (Å²) in [6.45, 7) is 4.41. The van der Waals surface area contributed by atoms with E-state index in [-0.39, 0.29) is 42.4 Å². The number of nitrogens with zero attached hydrogens (tertiary/aromatic N) is 3. The Bertz CT molecular complexity index is 1190. The summed E-state index contributed by atoms with van der Waals surface area (Å²) >= 11 is 0. The molecule has 0 radical (unpaired) electrons. The first kappa shape index (κ1) is 25.4. The van der Waals surface area contributed by atoms with Gasteiger partial charge in [0.15, 0.2) is 0 Å². The Morgan fingerprint density at radius 3 is 2.47 bits per heavy atom. The largest absolute Gasteiger partial charge is 0.472 e. The predicted octanol–water partition coefficient (Wildman–Crippen LogP) is 3.67. The highest BCUT2D eigenvalue weighted by atomic mass is 16.5. The number of amides is 2. The van der Waals surface area contributed by atoms with Crippen LogP contribution >= 0.6 is 0 Å². The Morgan fingerprint density at radius 1 is 1.14 bits per heavy atom. The lowest BCUT2D eigenvalue weighted by atomic mass is 9.99. The quantitative estimate of drug-likeness (QED) is 0.550. The highest BCUT2D eigenvalue weighted by Gasteiger charge is 2.34. The standard InChI is InChI=1S/C29H33N3O4/c1-20-17-32(21(2)19-33)29(35)25-15-24(23-12-8-5-9-13-23)16-30-28(25)36-26(20)18-31(3)27(34)14-22-10-6-4-7-11-22/h4-13,15-16,20-21,26,33H,14,17-19H2,1-3H3/t20-,21+,26-/m1/s1. The summed E-state index contributed by atoms with van der Waals surface area (Å²) in [6.07, 6.45) is 1.62. The van der Waals surface area contributed by atoms with Crippen LogP contribution in [0.15, 0.2) is 72.9 Å². The van der Waals surface area contributed by atoms with Crippen molar-refractivity contribution in [3.63, 3.8) is 0 Å². The number of hydrogen-bond donors (Lipinski definition) is 1. The molecule has 0 fully saturated rings. The van der Waals surface area contributed by atoms with Gasteiger partial charge in [0, 0.05) is 31.3 Å². The molecule has 1 aromatic heterocycles. The molecule has 7 nitrogen and oxygen atoms in total. The van der Waals surface area contributed by atoms with Crippen LogP contribution in [-0.2, 0) is 11.2 Å². The van der Waals surface area contributed by atoms with Crippen LogP contribution in [0.3, 0.4) is 0 Å². The van der Waals surface area contributed by atoms with Crippen molar-refractivity contribution in [1.29, 1.82) is 0 Å². The number of carbonyl (C=O) groups excluding carboxylic acids is 2. The van der Waals surface area contributed by atoms with Crippen LogP contribution in [0.4, 0.5) is 0 Å². The first-order chi connectivity index (χ1) is 17.4. The van der Waals surface area contributed by atoms with Crippen molar-refractivity contribution < 1.29 is 19.4 Å². The number of aliphatic hydroxyl groups excluding tert-OH is 1. The van der Waals surface area contributed by atoms with Gasteiger partial charge in [-0.15, -0.1) is 0 Å². The van der Waals surface area contributed by atoms with E-state index in [9.17, 15) is 14.7 Å². The van der Waals surface area contributed by atoms with E-state index >= 15 is 0 Å². The Labute approximate surface area is 212 Å². The Hall–Kier alpha value is -3.71. The number of benzene rings is 2. The Balaban J connectivity index is 1.62. The molecule has 2 amide bonds. The van der Waals surface area contributed by atoms with Crippen LogP contribution < -0.4 is 4.74 Å². The van der Waals surface area contributed by atoms with Crippen LogP contribution in [-0.4, -0.2) is 70.6 Å². The third-order valence-electron chi connectivity index (χ3n) is 6.71. The van der Waals surface area contributed by atoms with E-state index in [0.29, 0.717) is 25.1 Å². The Morgan fingerprint density at radius 2 is 1.81 bits per heavy atom. The van der Waals surface area contributed by atoms with Gasteiger partial charge < -0.3 is 19.6 Å². The number of pyridine rings is 1. The van der Waals surface area contributed by atoms with Gasteiger partial charge >= 0.3 is 0 Å². The molecule has 2 aromatic carbocycles. The third kappa shape index (κ3) is 5.74. The van der Waals surface area contributed by atoms with E-state index in [1.54, 1.807) is 29.1 Å². The topological polar surface area (TPSA) is 83.0 Å². The SMILES string of the molecule is C[C@@H]1CN([C@@H](C)CO)C(=O)c2cc(-c3ccccc3)cnc2O[C@@H]1CN(C)C(=O)Cc1ccccc1. The third-order valence-corrected chi connectivity index (χ3v) is 6.71. The maximum Gasteiger partial charge on any atom is 0.259 e. The fourth-order valence-electron chi connectivity index (χ4n) is 4.39. The van der Waals surface area contributed by atoms with Gasteiger partial charge in [-0.25, -0.2) is 4.98 Å². The molecular weight excluding hydrogens is 454 g/mol. The molecule has 7 heteroatoms. The van der Waals surface area contributed by atoms with Crippen LogP contribution in [0.25, 0.3) is 11.1 Å². The monoisotopic (exact) mass is 487 g/mol. The molecular formula is C29H33N3O4. The molecule has 0 saturated carbocycles. The molecule has 0 spiro atoms. The molecule has 36 heavy (non-hydrogen) atoms. The molecule has 0 aliphatic carbocycles. The highest BCUT2D eigenvalue weighted by Crippen LogP contribution is 2.30. The van der Waals surface area contributed by atoms with Crippen molar-refractivity contribution in [2.45, 2.75) is 32.4 Å². The van der Waals surface area contributed by atoms with Crippen LogP contribution in [0.2, 0.25) is 0 Å². The number of rotatable bonds is 7. The van der Waals surface area contributed by atoms with Gasteiger partial charge in [-0.2, -0.15) is 0 Å². The average Bonchev–Trinajstić information content (AvgIpc) is 2.91. The van der Waals surface area contributed by atoms with E-state index in [0.717, 1.165) is 16.7 Å². The van der Waals surface area contributed by atoms with Gasteiger partial charge in [0.05, 0.1) is 25.6 Å². The lowest BCUT2D eigenvalue weighted by Gasteiger charge is -2.37. The fraction of sp³-hybridized carbons (Fsp3) is 0.345. The van der Waals surface area contributed by atoms with Gasteiger partial charge in [0.25, 0.3) is 5.91 Å². The number of aliphatic hydroxyl groups is 1. The maximum atomic E-state index is 13.6. The normalized spacial score (nSPS) is 18.4. The molecule has 3 atom stereocenters. The molecule has 1 N–H and O–H groups in total. The number of ether oxygens (including phenoxy) is 1. The van der Waals surface area contributed by atoms with Crippen molar-refractivity contribution in [3.05, 3.63) is 84.1 Å². The van der Waals surface area contributed by atoms with Crippen LogP contribution in [0, 0.1) is 5.92 Å². The van der Waals surface area contributed by atoms with Crippen LogP contribution in [0.1, 0.15) is 29.8 Å². The summed E-state index contributed by atoms with van der Waals surface area (Å²) in [7, 11) is 1.77. The summed E-state index contributed by atoms with van der Waals surface area (Å²) in [5.41, 5.74) is 3.06. The summed E-state index contributed by atoms with van der Waals surface area (Å²) < 4.78 is 6.33. The van der Waals surface area contributed by atoms with Gasteiger partial charge in [0.1, 0.15) is 11.7 Å². The van der Waals surface area contributed by atoms with Gasteiger partial charge in [0.2, 0.25) is 11.8 Å². The fourth-order valence-corrected chi connectivity index (χ4v) is 4.39. The lowest BCUT2D eigenvalue weighted by Crippen LogP contribution is -2.50. The number of hydrogen-bond acceptors (Lipinski definition) is 5. The maximum absolute atomic E-state index is 13.6. The molecule has 188 valence electrons. The summed E-state index contributed by atoms with van der Waals surface area (Å²) in [4.78, 5) is 34.4. The second kappa shape index (κ2) is 11.4. The zero-order valence-electron chi connectivity index (χ0n) is 21.0. The second-order valence-electron chi connectivity index (χ2n) is 9.50. The predicted molar refractivity (Wildman–Crippen MR) is 139 cm³/mol. The smallest absolute Gasteiger partial charge is 0.259 e. The van der Waals surface area contributed by atoms with Gasteiger partial charge in [-0.1, -0.05) is 67.6 Å². The molecule has 4 rings (SSSR count). The summed E-state index contributed by atoms with van der Waals surface area (Å²) in [6, 6.07) is 20.8. The number of aromatic nitrogens is 1. The van der Waals surface area contributed by atoms with Crippen molar-refractivity contribution in [1.82, 2.24) is 14.8 Å². The molecule has 0 unspecified atom stereocenters. The van der Waals surface area contributed by atoms with E-state index in [1.807, 2.05) is 74.5 Å². The van der Waals surface area contributed by atoms with E-state index in [1.165, 1.54) is 0 Å². The zero-order chi connectivity index (χ0) is 25.7. The lowest BCUT2D eigenvalue weighted by molar-refractivity contribution is -0.130. The van der Waals surface area contributed by atoms with Gasteiger partial charge in [-0.3, -0.25) is 9.59 Å². The van der Waals surface area contributed by atoms with E-state index < -0.39 is 0 Å². The molecule has 2 heterocycles. The zero-order valence-corrected chi connectivity index (χ0v) is 21.0. The highest BCUT2D eigenvalue weighted by molar-refractivity contribution is 5.98. The molecule has 1 aliphatic rings. The van der Waals surface area contributed by atoms with E-state index in [2.05, 4.69) is 4.98 Å². The molecule has 0 saturated heterocycles. The van der Waals surface area contributed by atoms with Crippen LogP contribution in [0.5, 0.6) is 5.88 Å². The number of carbonyl (C=O) groups is 2. The minimum atomic E-state index is -0.384. The minimum Gasteiger partial charge on any atom is -0.472 e. The Kier molecular flexibility index (Phi) is 8.00. The molecule has 1 aliphatic heterocycles. The first-order valence-electron chi connectivity index (χ1n) is 12.3. The second-order valence-corrected chi connectivity index (χ2v) is 9.50. The summed E-state index contributed by atoms with van der Waals surface area (Å²) in [5.74, 6) is -0.0899. The van der Waals surface area contributed by atoms with Crippen molar-refractivity contribution in [2.24, 2.45) is 5.92 Å². The summed E-state index contributed by atoms with van der Waals surface area (Å²) in [5, 5.41) is 9.86. The first-order valence-corrected chi connectivity index (χ1v) is 12.3. The number of fused-ring (bicyclic) bond motifs is 1. The molecule has 3 aromatic rings. The number of likely N-dealkylation sites (N-methyl/N-ethyl adjacent to an activating group) is 1. The average molecular weight is 488 g/mol. The van der Waals surface area contributed by atoms with E-state index in [4.69, 9.17) is 4.74 Å². The molecule has 0 bridgehead atoms. The van der Waals surface area contributed by atoms with Crippen molar-refractivity contribution >= 4 is 11.8 Å². The minimum absolute atomic E-state index is 0.0108.